The highest BCUT2D eigenvalue weighted by Crippen LogP contribution is 2.46. The molecule has 0 aromatic carbocycles. The zero-order valence-corrected chi connectivity index (χ0v) is 8.15. The highest BCUT2D eigenvalue weighted by Gasteiger charge is 2.20. The molecule has 0 aliphatic carbocycles. The van der Waals surface area contributed by atoms with Crippen LogP contribution in [0, 0.1) is 0 Å². The molecule has 9 heavy (non-hydrogen) atoms. The molecule has 1 aliphatic rings. The second-order valence-corrected chi connectivity index (χ2v) is 9.14. The number of rotatable bonds is 0. The van der Waals surface area contributed by atoms with Crippen LogP contribution in [0.4, 0.5) is 0 Å². The Labute approximate surface area is 64.1 Å². The van der Waals surface area contributed by atoms with Gasteiger partial charge in [0, 0.05) is 11.0 Å². The number of thioether (sulfide) groups is 1. The Bertz CT molecular complexity index is 99.1. The fourth-order valence-electron chi connectivity index (χ4n) is 1.24. The molecule has 0 N–H and O–H groups in total. The van der Waals surface area contributed by atoms with Crippen molar-refractivity contribution < 1.29 is 0 Å². The summed E-state index contributed by atoms with van der Waals surface area (Å²) in [5, 5.41) is 0.934. The zero-order valence-electron chi connectivity index (χ0n) is 6.52. The second kappa shape index (κ2) is 2.75. The second-order valence-electron chi connectivity index (χ2n) is 3.32. The van der Waals surface area contributed by atoms with Gasteiger partial charge in [0.1, 0.15) is 0 Å². The third kappa shape index (κ3) is 2.42. The Hall–Kier alpha value is 0.700. The maximum Gasteiger partial charge on any atom is 0.00949 e. The van der Waals surface area contributed by atoms with Crippen LogP contribution in [0.2, 0.25) is 0 Å². The van der Waals surface area contributed by atoms with Crippen LogP contribution in [0.25, 0.3) is 0 Å². The molecule has 1 saturated heterocycles. The van der Waals surface area contributed by atoms with E-state index in [-0.39, 0.29) is 10.0 Å². The van der Waals surface area contributed by atoms with Crippen molar-refractivity contribution in [2.45, 2.75) is 12.2 Å². The molecule has 1 rings (SSSR count). The first-order valence-electron chi connectivity index (χ1n) is 3.40. The van der Waals surface area contributed by atoms with Crippen LogP contribution in [0.5, 0.6) is 0 Å². The largest absolute Gasteiger partial charge is 0.245 e. The zero-order chi connectivity index (χ0) is 6.91. The summed E-state index contributed by atoms with van der Waals surface area (Å²) in [6.45, 7) is 2.36. The normalized spacial score (nSPS) is 37.9. The van der Waals surface area contributed by atoms with E-state index in [1.807, 2.05) is 0 Å². The first kappa shape index (κ1) is 7.80. The minimum absolute atomic E-state index is 0.153. The lowest BCUT2D eigenvalue weighted by Crippen LogP contribution is -2.21. The van der Waals surface area contributed by atoms with E-state index in [0.717, 1.165) is 5.25 Å². The van der Waals surface area contributed by atoms with Crippen molar-refractivity contribution in [2.24, 2.45) is 0 Å². The standard InChI is InChI=1S/C7H16S2/c1-7-6-9(2,3)5-4-8-7/h7H,4-6H2,1-3H3. The molecular weight excluding hydrogens is 148 g/mol. The molecule has 0 aromatic heterocycles. The van der Waals surface area contributed by atoms with Gasteiger partial charge in [0.15, 0.2) is 0 Å². The first-order valence-corrected chi connectivity index (χ1v) is 7.24. The summed E-state index contributed by atoms with van der Waals surface area (Å²) >= 11 is 2.14. The molecule has 56 valence electrons. The van der Waals surface area contributed by atoms with Crippen molar-refractivity contribution >= 4 is 21.8 Å². The minimum atomic E-state index is -0.153. The van der Waals surface area contributed by atoms with Crippen LogP contribution >= 0.6 is 21.8 Å². The van der Waals surface area contributed by atoms with Crippen molar-refractivity contribution in [3.05, 3.63) is 0 Å². The summed E-state index contributed by atoms with van der Waals surface area (Å²) in [5.41, 5.74) is 0. The monoisotopic (exact) mass is 164 g/mol. The molecular formula is C7H16S2. The van der Waals surface area contributed by atoms with Gasteiger partial charge in [-0.25, -0.2) is 10.0 Å². The van der Waals surface area contributed by atoms with Crippen LogP contribution in [0.15, 0.2) is 0 Å². The van der Waals surface area contributed by atoms with Gasteiger partial charge < -0.3 is 0 Å². The summed E-state index contributed by atoms with van der Waals surface area (Å²) in [4.78, 5) is 0. The van der Waals surface area contributed by atoms with Gasteiger partial charge in [-0.3, -0.25) is 0 Å². The lowest BCUT2D eigenvalue weighted by Gasteiger charge is -2.38. The highest BCUT2D eigenvalue weighted by atomic mass is 32.3. The van der Waals surface area contributed by atoms with Crippen LogP contribution in [0.1, 0.15) is 6.92 Å². The van der Waals surface area contributed by atoms with Gasteiger partial charge in [0.05, 0.1) is 0 Å². The van der Waals surface area contributed by atoms with Gasteiger partial charge in [-0.2, -0.15) is 11.8 Å². The third-order valence-corrected chi connectivity index (χ3v) is 6.08. The third-order valence-electron chi connectivity index (χ3n) is 1.72. The van der Waals surface area contributed by atoms with E-state index in [9.17, 15) is 0 Å². The van der Waals surface area contributed by atoms with E-state index in [1.54, 1.807) is 0 Å². The molecule has 0 amide bonds. The molecule has 1 atom stereocenters. The van der Waals surface area contributed by atoms with E-state index >= 15 is 0 Å². The molecule has 0 spiro atoms. The summed E-state index contributed by atoms with van der Waals surface area (Å²) in [7, 11) is -0.153. The number of hydrogen-bond acceptors (Lipinski definition) is 1. The average Bonchev–Trinajstić information content (AvgIpc) is 1.60. The predicted molar refractivity (Wildman–Crippen MR) is 51.1 cm³/mol. The molecule has 1 aliphatic heterocycles. The van der Waals surface area contributed by atoms with Gasteiger partial charge in [-0.05, 0) is 24.0 Å². The maximum absolute atomic E-state index is 2.46. The number of hydrogen-bond donors (Lipinski definition) is 0. The molecule has 2 heteroatoms. The van der Waals surface area contributed by atoms with E-state index in [0.29, 0.717) is 0 Å². The predicted octanol–water partition coefficient (Wildman–Crippen LogP) is 2.19. The van der Waals surface area contributed by atoms with Crippen LogP contribution in [-0.4, -0.2) is 35.0 Å². The van der Waals surface area contributed by atoms with Crippen molar-refractivity contribution in [1.82, 2.24) is 0 Å². The molecule has 1 fully saturated rings. The molecule has 1 heterocycles. The van der Waals surface area contributed by atoms with Crippen LogP contribution in [0.3, 0.4) is 0 Å². The maximum atomic E-state index is 2.46. The summed E-state index contributed by atoms with van der Waals surface area (Å²) in [5.74, 6) is 4.38. The fraction of sp³-hybridized carbons (Fsp3) is 1.00. The van der Waals surface area contributed by atoms with E-state index in [2.05, 4.69) is 31.2 Å². The van der Waals surface area contributed by atoms with Crippen molar-refractivity contribution in [3.63, 3.8) is 0 Å². The molecule has 0 radical (unpaired) electrons. The molecule has 1 unspecified atom stereocenters. The topological polar surface area (TPSA) is 0 Å². The lowest BCUT2D eigenvalue weighted by atomic mass is 10.6. The lowest BCUT2D eigenvalue weighted by molar-refractivity contribution is 1.10. The summed E-state index contributed by atoms with van der Waals surface area (Å²) < 4.78 is 0. The fourth-order valence-corrected chi connectivity index (χ4v) is 6.76. The van der Waals surface area contributed by atoms with Crippen molar-refractivity contribution in [3.8, 4) is 0 Å². The SMILES string of the molecule is CC1CS(C)(C)CCS1. The van der Waals surface area contributed by atoms with Crippen molar-refractivity contribution in [1.29, 1.82) is 0 Å². The Morgan fingerprint density at radius 2 is 2.11 bits per heavy atom. The summed E-state index contributed by atoms with van der Waals surface area (Å²) in [6.07, 6.45) is 4.92. The van der Waals surface area contributed by atoms with Gasteiger partial charge >= 0.3 is 0 Å². The smallest absolute Gasteiger partial charge is 0.00949 e. The van der Waals surface area contributed by atoms with E-state index in [1.165, 1.54) is 17.3 Å². The quantitative estimate of drug-likeness (QED) is 0.529. The average molecular weight is 164 g/mol. The molecule has 0 aromatic rings. The van der Waals surface area contributed by atoms with Crippen molar-refractivity contribution in [2.75, 3.05) is 29.8 Å². The Balaban J connectivity index is 2.41. The molecule has 0 bridgehead atoms. The summed E-state index contributed by atoms with van der Waals surface area (Å²) in [6, 6.07) is 0. The Morgan fingerprint density at radius 1 is 1.44 bits per heavy atom. The Morgan fingerprint density at radius 3 is 2.44 bits per heavy atom. The molecule has 0 saturated carbocycles. The first-order chi connectivity index (χ1) is 4.10. The van der Waals surface area contributed by atoms with Gasteiger partial charge in [-0.1, -0.05) is 6.92 Å². The minimum Gasteiger partial charge on any atom is -0.245 e. The highest BCUT2D eigenvalue weighted by molar-refractivity contribution is 8.33. The van der Waals surface area contributed by atoms with Crippen LogP contribution < -0.4 is 0 Å². The van der Waals surface area contributed by atoms with E-state index in [4.69, 9.17) is 0 Å². The Kier molecular flexibility index (Phi) is 2.38. The van der Waals surface area contributed by atoms with Gasteiger partial charge in [0.25, 0.3) is 0 Å². The van der Waals surface area contributed by atoms with E-state index < -0.39 is 0 Å². The van der Waals surface area contributed by atoms with Gasteiger partial charge in [0.2, 0.25) is 0 Å². The molecule has 0 nitrogen and oxygen atoms in total. The van der Waals surface area contributed by atoms with Gasteiger partial charge in [-0.15, -0.1) is 0 Å². The van der Waals surface area contributed by atoms with Crippen LogP contribution in [-0.2, 0) is 0 Å².